The summed E-state index contributed by atoms with van der Waals surface area (Å²) in [5.74, 6) is -0.493. The second-order valence-corrected chi connectivity index (χ2v) is 6.21. The third-order valence-corrected chi connectivity index (χ3v) is 4.15. The lowest BCUT2D eigenvalue weighted by atomic mass is 10.3. The maximum absolute atomic E-state index is 12.0. The number of carbonyl (C=O) groups excluding carboxylic acids is 2. The normalized spacial score (nSPS) is 10.5. The maximum atomic E-state index is 12.0. The molecule has 1 aromatic carbocycles. The van der Waals surface area contributed by atoms with Gasteiger partial charge in [-0.15, -0.1) is 11.8 Å². The lowest BCUT2D eigenvalue weighted by Gasteiger charge is -2.07. The summed E-state index contributed by atoms with van der Waals surface area (Å²) in [7, 11) is 0. The number of carbonyl (C=O) groups is 2. The van der Waals surface area contributed by atoms with Crippen LogP contribution in [0.1, 0.15) is 16.3 Å². The number of nitrogens with zero attached hydrogens (tertiary/aromatic N) is 2. The van der Waals surface area contributed by atoms with E-state index < -0.39 is 18.5 Å². The Morgan fingerprint density at radius 3 is 2.92 bits per heavy atom. The van der Waals surface area contributed by atoms with Crippen molar-refractivity contribution in [2.45, 2.75) is 11.4 Å². The van der Waals surface area contributed by atoms with E-state index in [1.165, 1.54) is 6.07 Å². The number of rotatable bonds is 7. The first-order valence-electron chi connectivity index (χ1n) is 7.81. The highest BCUT2D eigenvalue weighted by Crippen LogP contribution is 2.19. The van der Waals surface area contributed by atoms with Gasteiger partial charge in [0.05, 0.1) is 6.54 Å². The van der Waals surface area contributed by atoms with Crippen LogP contribution in [0, 0.1) is 0 Å². The molecular weight excluding hydrogens is 354 g/mol. The number of aromatic nitrogens is 2. The van der Waals surface area contributed by atoms with Crippen LogP contribution in [-0.2, 0) is 16.1 Å². The van der Waals surface area contributed by atoms with Crippen LogP contribution in [-0.4, -0.2) is 34.5 Å². The van der Waals surface area contributed by atoms with E-state index in [4.69, 9.17) is 9.15 Å². The monoisotopic (exact) mass is 371 g/mol. The molecule has 3 aromatic rings. The molecule has 0 aliphatic heterocycles. The molecule has 0 fully saturated rings. The smallest absolute Gasteiger partial charge is 0.374 e. The number of anilines is 1. The third kappa shape index (κ3) is 4.76. The van der Waals surface area contributed by atoms with E-state index in [0.29, 0.717) is 18.0 Å². The molecular formula is C18H17N3O4S. The summed E-state index contributed by atoms with van der Waals surface area (Å²) >= 11 is 1.57. The Labute approximate surface area is 154 Å². The van der Waals surface area contributed by atoms with E-state index in [-0.39, 0.29) is 5.76 Å². The zero-order valence-electron chi connectivity index (χ0n) is 14.0. The number of esters is 1. The molecule has 26 heavy (non-hydrogen) atoms. The van der Waals surface area contributed by atoms with Gasteiger partial charge in [-0.3, -0.25) is 9.48 Å². The van der Waals surface area contributed by atoms with Gasteiger partial charge in [0.25, 0.3) is 5.91 Å². The van der Waals surface area contributed by atoms with Gasteiger partial charge in [-0.05, 0) is 42.7 Å². The molecule has 0 radical (unpaired) electrons. The minimum absolute atomic E-state index is 0.0457. The molecule has 0 spiro atoms. The van der Waals surface area contributed by atoms with Crippen LogP contribution in [0.15, 0.2) is 64.2 Å². The predicted octanol–water partition coefficient (Wildman–Crippen LogP) is 3.04. The summed E-state index contributed by atoms with van der Waals surface area (Å²) in [6.07, 6.45) is 5.40. The highest BCUT2D eigenvalue weighted by atomic mass is 32.2. The topological polar surface area (TPSA) is 86.4 Å². The van der Waals surface area contributed by atoms with Gasteiger partial charge in [0, 0.05) is 23.0 Å². The molecule has 0 aliphatic carbocycles. The fourth-order valence-corrected chi connectivity index (χ4v) is 2.69. The first-order chi connectivity index (χ1) is 12.6. The summed E-state index contributed by atoms with van der Waals surface area (Å²) in [6, 6.07) is 12.4. The van der Waals surface area contributed by atoms with Crippen molar-refractivity contribution in [2.75, 3.05) is 18.2 Å². The summed E-state index contributed by atoms with van der Waals surface area (Å²) in [6.45, 7) is 0.0179. The zero-order chi connectivity index (χ0) is 18.4. The van der Waals surface area contributed by atoms with Gasteiger partial charge in [-0.25, -0.2) is 4.79 Å². The Morgan fingerprint density at radius 2 is 2.15 bits per heavy atom. The number of ether oxygens (including phenoxy) is 1. The maximum Gasteiger partial charge on any atom is 0.374 e. The predicted molar refractivity (Wildman–Crippen MR) is 97.2 cm³/mol. The molecule has 0 bridgehead atoms. The SMILES string of the molecule is CSc1cccc(NC(=O)COC(=O)c2ccc(Cn3cccn3)o2)c1. The molecule has 1 amide bonds. The molecule has 0 aliphatic rings. The van der Waals surface area contributed by atoms with Crippen molar-refractivity contribution in [3.05, 3.63) is 66.4 Å². The van der Waals surface area contributed by atoms with Crippen molar-refractivity contribution < 1.29 is 18.7 Å². The molecule has 2 aromatic heterocycles. The van der Waals surface area contributed by atoms with Crippen molar-refractivity contribution in [1.82, 2.24) is 9.78 Å². The Kier molecular flexibility index (Phi) is 5.75. The van der Waals surface area contributed by atoms with Crippen LogP contribution in [0.25, 0.3) is 0 Å². The Morgan fingerprint density at radius 1 is 1.27 bits per heavy atom. The number of hydrogen-bond acceptors (Lipinski definition) is 6. The van der Waals surface area contributed by atoms with E-state index in [9.17, 15) is 9.59 Å². The fraction of sp³-hybridized carbons (Fsp3) is 0.167. The summed E-state index contributed by atoms with van der Waals surface area (Å²) in [5, 5.41) is 6.75. The largest absolute Gasteiger partial charge is 0.452 e. The molecule has 1 N–H and O–H groups in total. The standard InChI is InChI=1S/C18H17N3O4S/c1-26-15-5-2-4-13(10-15)20-17(22)12-24-18(23)16-7-6-14(25-16)11-21-9-3-8-19-21/h2-10H,11-12H2,1H3,(H,20,22). The molecule has 0 saturated heterocycles. The Bertz CT molecular complexity index is 889. The summed E-state index contributed by atoms with van der Waals surface area (Å²) < 4.78 is 12.1. The van der Waals surface area contributed by atoms with Crippen molar-refractivity contribution in [3.8, 4) is 0 Å². The molecule has 3 rings (SSSR count). The van der Waals surface area contributed by atoms with E-state index in [1.54, 1.807) is 47.0 Å². The summed E-state index contributed by atoms with van der Waals surface area (Å²) in [4.78, 5) is 25.0. The average Bonchev–Trinajstić information content (AvgIpc) is 3.32. The van der Waals surface area contributed by atoms with E-state index in [1.807, 2.05) is 24.5 Å². The van der Waals surface area contributed by atoms with Crippen molar-refractivity contribution in [1.29, 1.82) is 0 Å². The van der Waals surface area contributed by atoms with E-state index >= 15 is 0 Å². The van der Waals surface area contributed by atoms with Gasteiger partial charge in [0.15, 0.2) is 6.61 Å². The molecule has 0 saturated carbocycles. The van der Waals surface area contributed by atoms with Gasteiger partial charge < -0.3 is 14.5 Å². The number of amides is 1. The van der Waals surface area contributed by atoms with Gasteiger partial charge in [0.2, 0.25) is 5.76 Å². The Hall–Kier alpha value is -3.00. The fourth-order valence-electron chi connectivity index (χ4n) is 2.23. The highest BCUT2D eigenvalue weighted by Gasteiger charge is 2.15. The number of hydrogen-bond donors (Lipinski definition) is 1. The molecule has 2 heterocycles. The number of benzene rings is 1. The lowest BCUT2D eigenvalue weighted by molar-refractivity contribution is -0.119. The second kappa shape index (κ2) is 8.39. The van der Waals surface area contributed by atoms with Crippen molar-refractivity contribution in [2.24, 2.45) is 0 Å². The van der Waals surface area contributed by atoms with Crippen LogP contribution >= 0.6 is 11.8 Å². The van der Waals surface area contributed by atoms with E-state index in [0.717, 1.165) is 4.90 Å². The minimum Gasteiger partial charge on any atom is -0.452 e. The van der Waals surface area contributed by atoms with Gasteiger partial charge in [0.1, 0.15) is 5.76 Å². The van der Waals surface area contributed by atoms with Crippen LogP contribution < -0.4 is 5.32 Å². The number of thioether (sulfide) groups is 1. The van der Waals surface area contributed by atoms with Gasteiger partial charge >= 0.3 is 5.97 Å². The average molecular weight is 371 g/mol. The Balaban J connectivity index is 1.50. The van der Waals surface area contributed by atoms with Crippen molar-refractivity contribution in [3.63, 3.8) is 0 Å². The highest BCUT2D eigenvalue weighted by molar-refractivity contribution is 7.98. The number of furan rings is 1. The quantitative estimate of drug-likeness (QED) is 0.507. The minimum atomic E-state index is -0.690. The molecule has 0 atom stereocenters. The molecule has 7 nitrogen and oxygen atoms in total. The second-order valence-electron chi connectivity index (χ2n) is 5.33. The van der Waals surface area contributed by atoms with Crippen molar-refractivity contribution >= 4 is 29.3 Å². The first kappa shape index (κ1) is 17.8. The summed E-state index contributed by atoms with van der Waals surface area (Å²) in [5.41, 5.74) is 0.650. The van der Waals surface area contributed by atoms with Crippen LogP contribution in [0.5, 0.6) is 0 Å². The molecule has 0 unspecified atom stereocenters. The van der Waals surface area contributed by atoms with Crippen LogP contribution in [0.2, 0.25) is 0 Å². The zero-order valence-corrected chi connectivity index (χ0v) is 14.9. The number of nitrogens with one attached hydrogen (secondary N) is 1. The molecule has 8 heteroatoms. The third-order valence-electron chi connectivity index (χ3n) is 3.43. The lowest BCUT2D eigenvalue weighted by Crippen LogP contribution is -2.20. The van der Waals surface area contributed by atoms with Crippen LogP contribution in [0.3, 0.4) is 0 Å². The first-order valence-corrected chi connectivity index (χ1v) is 9.03. The van der Waals surface area contributed by atoms with E-state index in [2.05, 4.69) is 10.4 Å². The van der Waals surface area contributed by atoms with Crippen LogP contribution in [0.4, 0.5) is 5.69 Å². The van der Waals surface area contributed by atoms with Gasteiger partial charge in [-0.1, -0.05) is 6.07 Å². The molecule has 134 valence electrons. The van der Waals surface area contributed by atoms with Gasteiger partial charge in [-0.2, -0.15) is 5.10 Å².